The number of fused-ring (bicyclic) bond motifs is 1. The molecule has 0 radical (unpaired) electrons. The highest BCUT2D eigenvalue weighted by atomic mass is 32.2. The average molecular weight is 397 g/mol. The summed E-state index contributed by atoms with van der Waals surface area (Å²) < 4.78 is 5.16. The molecular formula is C21H24N4O2S. The molecule has 3 aliphatic rings. The monoisotopic (exact) mass is 396 g/mol. The summed E-state index contributed by atoms with van der Waals surface area (Å²) in [4.78, 5) is 16.6. The first kappa shape index (κ1) is 18.9. The van der Waals surface area contributed by atoms with Gasteiger partial charge in [-0.2, -0.15) is 15.1 Å². The number of carbonyl (C=O) groups is 1. The number of carbonyl (C=O) groups excluding carboxylic acids is 1. The fourth-order valence-electron chi connectivity index (χ4n) is 3.80. The molecule has 1 aromatic rings. The Morgan fingerprint density at radius 1 is 1.25 bits per heavy atom. The van der Waals surface area contributed by atoms with Crippen LogP contribution in [0.3, 0.4) is 0 Å². The maximum absolute atomic E-state index is 12.5. The number of rotatable bonds is 5. The van der Waals surface area contributed by atoms with E-state index >= 15 is 0 Å². The van der Waals surface area contributed by atoms with E-state index in [1.54, 1.807) is 13.2 Å². The molecule has 2 aliphatic heterocycles. The average Bonchev–Trinajstić information content (AvgIpc) is 3.14. The third-order valence-corrected chi connectivity index (χ3v) is 6.38. The molecule has 1 aromatic carbocycles. The molecule has 1 fully saturated rings. The Morgan fingerprint density at radius 2 is 2.00 bits per heavy atom. The third kappa shape index (κ3) is 4.04. The van der Waals surface area contributed by atoms with Crippen LogP contribution in [-0.4, -0.2) is 34.1 Å². The molecule has 146 valence electrons. The lowest BCUT2D eigenvalue weighted by Gasteiger charge is -2.20. The lowest BCUT2D eigenvalue weighted by Crippen LogP contribution is -2.35. The summed E-state index contributed by atoms with van der Waals surface area (Å²) in [5.41, 5.74) is 1.08. The van der Waals surface area contributed by atoms with Gasteiger partial charge < -0.3 is 4.74 Å². The maximum atomic E-state index is 12.5. The Kier molecular flexibility index (Phi) is 5.62. The van der Waals surface area contributed by atoms with E-state index in [2.05, 4.69) is 10.1 Å². The van der Waals surface area contributed by atoms with Crippen LogP contribution in [0.2, 0.25) is 0 Å². The van der Waals surface area contributed by atoms with Crippen LogP contribution in [0.4, 0.5) is 0 Å². The molecule has 28 heavy (non-hydrogen) atoms. The minimum Gasteiger partial charge on any atom is -0.497 e. The van der Waals surface area contributed by atoms with Crippen LogP contribution in [0.1, 0.15) is 50.5 Å². The molecule has 0 saturated heterocycles. The maximum Gasteiger partial charge on any atom is 0.283 e. The van der Waals surface area contributed by atoms with Gasteiger partial charge in [-0.3, -0.25) is 10.2 Å². The normalized spacial score (nSPS) is 21.6. The van der Waals surface area contributed by atoms with Crippen LogP contribution in [0.15, 0.2) is 39.9 Å². The summed E-state index contributed by atoms with van der Waals surface area (Å²) in [6.45, 7) is 0. The number of benzene rings is 1. The van der Waals surface area contributed by atoms with Crippen LogP contribution in [0.5, 0.6) is 5.75 Å². The number of thioether (sulfide) groups is 1. The second-order valence-corrected chi connectivity index (χ2v) is 8.37. The molecule has 0 aromatic heterocycles. The van der Waals surface area contributed by atoms with Crippen molar-refractivity contribution in [2.24, 2.45) is 16.0 Å². The van der Waals surface area contributed by atoms with Gasteiger partial charge in [0.2, 0.25) is 5.17 Å². The quantitative estimate of drug-likeness (QED) is 0.733. The Bertz CT molecular complexity index is 867. The minimum atomic E-state index is -0.386. The lowest BCUT2D eigenvalue weighted by molar-refractivity contribution is -0.114. The van der Waals surface area contributed by atoms with E-state index in [9.17, 15) is 4.79 Å². The summed E-state index contributed by atoms with van der Waals surface area (Å²) >= 11 is 1.42. The number of hydrogen-bond acceptors (Lipinski definition) is 5. The molecule has 2 heterocycles. The molecule has 0 atom stereocenters. The summed E-state index contributed by atoms with van der Waals surface area (Å²) in [7, 11) is 1.61. The number of amides is 1. The zero-order valence-corrected chi connectivity index (χ0v) is 16.8. The van der Waals surface area contributed by atoms with E-state index in [0.29, 0.717) is 5.17 Å². The summed E-state index contributed by atoms with van der Waals surface area (Å²) in [6, 6.07) is 7.35. The Balaban J connectivity index is 1.47. The predicted octanol–water partition coefficient (Wildman–Crippen LogP) is 4.67. The number of methoxy groups -OCH3 is 1. The number of nitrogens with zero attached hydrogens (tertiary/aromatic N) is 3. The fourth-order valence-corrected chi connectivity index (χ4v) is 4.70. The summed E-state index contributed by atoms with van der Waals surface area (Å²) in [5.74, 6) is 1.23. The van der Waals surface area contributed by atoms with Crippen LogP contribution in [0, 0.1) is 11.3 Å². The molecule has 0 spiro atoms. The van der Waals surface area contributed by atoms with E-state index < -0.39 is 0 Å². The molecule has 1 saturated carbocycles. The molecule has 6 nitrogen and oxygen atoms in total. The van der Waals surface area contributed by atoms with Gasteiger partial charge in [-0.05, 0) is 54.3 Å². The molecule has 0 unspecified atom stereocenters. The first-order valence-corrected chi connectivity index (χ1v) is 10.6. The molecular weight excluding hydrogens is 372 g/mol. The van der Waals surface area contributed by atoms with Crippen LogP contribution >= 0.6 is 11.8 Å². The summed E-state index contributed by atoms with van der Waals surface area (Å²) in [5, 5.41) is 16.0. The van der Waals surface area contributed by atoms with Gasteiger partial charge >= 0.3 is 0 Å². The zero-order chi connectivity index (χ0) is 19.5. The number of nitrogens with one attached hydrogen (secondary N) is 1. The van der Waals surface area contributed by atoms with Gasteiger partial charge in [0.05, 0.1) is 12.7 Å². The van der Waals surface area contributed by atoms with Crippen molar-refractivity contribution in [3.05, 3.63) is 35.4 Å². The van der Waals surface area contributed by atoms with Gasteiger partial charge in [-0.25, -0.2) is 0 Å². The van der Waals surface area contributed by atoms with Gasteiger partial charge in [-0.15, -0.1) is 0 Å². The topological polar surface area (TPSA) is 78.1 Å². The van der Waals surface area contributed by atoms with Crippen molar-refractivity contribution in [1.82, 2.24) is 5.01 Å². The molecule has 1 N–H and O–H groups in total. The SMILES string of the molecule is COc1ccc(C=C2C(=N)N3N=C(CCC4CCCCC4)SC3=NC2=O)cc1. The van der Waals surface area contributed by atoms with Crippen molar-refractivity contribution in [2.45, 2.75) is 44.9 Å². The van der Waals surface area contributed by atoms with E-state index in [-0.39, 0.29) is 17.3 Å². The van der Waals surface area contributed by atoms with Crippen molar-refractivity contribution in [3.8, 4) is 5.75 Å². The van der Waals surface area contributed by atoms with Crippen LogP contribution in [0.25, 0.3) is 6.08 Å². The second-order valence-electron chi connectivity index (χ2n) is 7.33. The minimum absolute atomic E-state index is 0.0889. The highest BCUT2D eigenvalue weighted by Crippen LogP contribution is 2.33. The molecule has 7 heteroatoms. The number of ether oxygens (including phenoxy) is 1. The zero-order valence-electron chi connectivity index (χ0n) is 16.0. The smallest absolute Gasteiger partial charge is 0.283 e. The van der Waals surface area contributed by atoms with Crippen LogP contribution < -0.4 is 4.74 Å². The molecule has 1 amide bonds. The Morgan fingerprint density at radius 3 is 2.71 bits per heavy atom. The highest BCUT2D eigenvalue weighted by molar-refractivity contribution is 8.26. The van der Waals surface area contributed by atoms with Crippen LogP contribution in [-0.2, 0) is 4.79 Å². The number of amidine groups is 2. The van der Waals surface area contributed by atoms with E-state index in [1.807, 2.05) is 24.3 Å². The second kappa shape index (κ2) is 8.31. The Labute approximate surface area is 169 Å². The lowest BCUT2D eigenvalue weighted by atomic mass is 9.86. The highest BCUT2D eigenvalue weighted by Gasteiger charge is 2.35. The van der Waals surface area contributed by atoms with E-state index in [1.165, 1.54) is 48.9 Å². The van der Waals surface area contributed by atoms with Crippen molar-refractivity contribution in [1.29, 1.82) is 5.41 Å². The van der Waals surface area contributed by atoms with Gasteiger partial charge in [-0.1, -0.05) is 44.2 Å². The standard InChI is InChI=1S/C21H24N4O2S/c1-27-16-10-7-15(8-11-16)13-17-19(22)25-21(23-20(17)26)28-18(24-25)12-9-14-5-3-2-4-6-14/h7-8,10-11,13-14,22H,2-6,9,12H2,1H3. The van der Waals surface area contributed by atoms with Crippen molar-refractivity contribution in [2.75, 3.05) is 7.11 Å². The first-order chi connectivity index (χ1) is 13.6. The van der Waals surface area contributed by atoms with Crippen molar-refractivity contribution < 1.29 is 9.53 Å². The fraction of sp³-hybridized carbons (Fsp3) is 0.429. The first-order valence-electron chi connectivity index (χ1n) is 9.77. The summed E-state index contributed by atoms with van der Waals surface area (Å²) in [6.07, 6.45) is 10.4. The van der Waals surface area contributed by atoms with E-state index in [0.717, 1.165) is 35.1 Å². The molecule has 0 bridgehead atoms. The van der Waals surface area contributed by atoms with Gasteiger partial charge in [0.1, 0.15) is 10.8 Å². The molecule has 1 aliphatic carbocycles. The Hall–Kier alpha value is -2.41. The number of aliphatic imine (C=N–C) groups is 1. The molecule has 4 rings (SSSR count). The van der Waals surface area contributed by atoms with Crippen molar-refractivity contribution in [3.63, 3.8) is 0 Å². The van der Waals surface area contributed by atoms with E-state index in [4.69, 9.17) is 10.1 Å². The third-order valence-electron chi connectivity index (χ3n) is 5.41. The van der Waals surface area contributed by atoms with Gasteiger partial charge in [0.15, 0.2) is 5.84 Å². The van der Waals surface area contributed by atoms with Gasteiger partial charge in [0, 0.05) is 0 Å². The van der Waals surface area contributed by atoms with Gasteiger partial charge in [0.25, 0.3) is 5.91 Å². The number of hydrazone groups is 1. The van der Waals surface area contributed by atoms with Crippen molar-refractivity contribution >= 4 is 39.8 Å². The number of hydrogen-bond donors (Lipinski definition) is 1. The largest absolute Gasteiger partial charge is 0.497 e. The predicted molar refractivity (Wildman–Crippen MR) is 114 cm³/mol.